The van der Waals surface area contributed by atoms with Gasteiger partial charge in [-0.15, -0.1) is 0 Å². The van der Waals surface area contributed by atoms with Crippen LogP contribution in [0.4, 0.5) is 0 Å². The van der Waals surface area contributed by atoms with Gasteiger partial charge in [0.25, 0.3) is 0 Å². The maximum Gasteiger partial charge on any atom is 0.341 e. The highest BCUT2D eigenvalue weighted by atomic mass is 16.4. The van der Waals surface area contributed by atoms with E-state index in [1.807, 2.05) is 30.3 Å². The normalized spacial score (nSPS) is 15.6. The number of carbonyl (C=O) groups is 1. The topological polar surface area (TPSA) is 70.2 Å². The molecule has 22 heavy (non-hydrogen) atoms. The maximum atomic E-state index is 12.7. The lowest BCUT2D eigenvalue weighted by molar-refractivity contribution is 0.0695. The van der Waals surface area contributed by atoms with Crippen LogP contribution in [0.25, 0.3) is 11.3 Å². The third-order valence-corrected chi connectivity index (χ3v) is 4.43. The van der Waals surface area contributed by atoms with E-state index < -0.39 is 5.97 Å². The van der Waals surface area contributed by atoms with Crippen LogP contribution in [0.2, 0.25) is 0 Å². The van der Waals surface area contributed by atoms with Crippen molar-refractivity contribution in [2.75, 3.05) is 0 Å². The van der Waals surface area contributed by atoms with Crippen molar-refractivity contribution in [1.82, 2.24) is 4.98 Å². The van der Waals surface area contributed by atoms with Gasteiger partial charge in [-0.05, 0) is 24.3 Å². The summed E-state index contributed by atoms with van der Waals surface area (Å²) in [6.45, 7) is 0. The van der Waals surface area contributed by atoms with Gasteiger partial charge in [-0.25, -0.2) is 4.79 Å². The lowest BCUT2D eigenvalue weighted by Crippen LogP contribution is -2.24. The van der Waals surface area contributed by atoms with Crippen molar-refractivity contribution >= 4 is 5.97 Å². The first-order chi connectivity index (χ1) is 10.7. The number of aromatic amines is 1. The maximum absolute atomic E-state index is 12.7. The number of hydrogen-bond donors (Lipinski definition) is 2. The molecule has 4 nitrogen and oxygen atoms in total. The minimum absolute atomic E-state index is 0.145. The zero-order valence-electron chi connectivity index (χ0n) is 12.3. The Kier molecular flexibility index (Phi) is 4.09. The van der Waals surface area contributed by atoms with E-state index in [0.717, 1.165) is 36.9 Å². The van der Waals surface area contributed by atoms with Crippen LogP contribution in [0.1, 0.15) is 53.9 Å². The summed E-state index contributed by atoms with van der Waals surface area (Å²) in [5.74, 6) is -1.02. The molecule has 3 rings (SSSR count). The van der Waals surface area contributed by atoms with Crippen LogP contribution < -0.4 is 5.43 Å². The number of nitrogens with one attached hydrogen (secondary N) is 1. The summed E-state index contributed by atoms with van der Waals surface area (Å²) >= 11 is 0. The summed E-state index contributed by atoms with van der Waals surface area (Å²) in [5.41, 5.74) is 1.84. The highest BCUT2D eigenvalue weighted by molar-refractivity contribution is 5.88. The number of H-pyrrole nitrogens is 1. The molecular formula is C18H19NO3. The molecule has 0 atom stereocenters. The molecule has 1 heterocycles. The van der Waals surface area contributed by atoms with Crippen LogP contribution >= 0.6 is 0 Å². The standard InChI is InChI=1S/C18H19NO3/c20-17-14(18(21)22)11-19-16(13-9-5-2-6-10-13)15(17)12-7-3-1-4-8-12/h2,5-6,9-12H,1,3-4,7-8H2,(H,19,20)(H,21,22). The second-order valence-electron chi connectivity index (χ2n) is 5.83. The van der Waals surface area contributed by atoms with E-state index in [9.17, 15) is 14.7 Å². The third-order valence-electron chi connectivity index (χ3n) is 4.43. The Balaban J connectivity index is 2.19. The van der Waals surface area contributed by atoms with E-state index in [4.69, 9.17) is 0 Å². The summed E-state index contributed by atoms with van der Waals surface area (Å²) in [7, 11) is 0. The summed E-state index contributed by atoms with van der Waals surface area (Å²) in [4.78, 5) is 27.0. The Morgan fingerprint density at radius 2 is 1.77 bits per heavy atom. The number of aromatic carboxylic acids is 1. The van der Waals surface area contributed by atoms with Gasteiger partial charge in [-0.1, -0.05) is 49.6 Å². The van der Waals surface area contributed by atoms with Crippen molar-refractivity contribution < 1.29 is 9.90 Å². The number of hydrogen-bond acceptors (Lipinski definition) is 2. The lowest BCUT2D eigenvalue weighted by Gasteiger charge is -2.24. The highest BCUT2D eigenvalue weighted by Crippen LogP contribution is 2.35. The van der Waals surface area contributed by atoms with Crippen molar-refractivity contribution in [2.24, 2.45) is 0 Å². The lowest BCUT2D eigenvalue weighted by atomic mass is 9.81. The molecule has 0 amide bonds. The quantitative estimate of drug-likeness (QED) is 0.905. The summed E-state index contributed by atoms with van der Waals surface area (Å²) in [6.07, 6.45) is 6.59. The van der Waals surface area contributed by atoms with Gasteiger partial charge in [0, 0.05) is 11.8 Å². The minimum Gasteiger partial charge on any atom is -0.477 e. The number of carboxylic acid groups (broad SMARTS) is 1. The van der Waals surface area contributed by atoms with Crippen LogP contribution in [0.5, 0.6) is 0 Å². The average molecular weight is 297 g/mol. The van der Waals surface area contributed by atoms with Crippen molar-refractivity contribution in [3.63, 3.8) is 0 Å². The summed E-state index contributed by atoms with van der Waals surface area (Å²) in [5, 5.41) is 9.23. The monoisotopic (exact) mass is 297 g/mol. The number of benzene rings is 1. The van der Waals surface area contributed by atoms with Gasteiger partial charge < -0.3 is 10.1 Å². The fourth-order valence-corrected chi connectivity index (χ4v) is 3.33. The second kappa shape index (κ2) is 6.18. The van der Waals surface area contributed by atoms with Gasteiger partial charge in [0.1, 0.15) is 5.56 Å². The van der Waals surface area contributed by atoms with Gasteiger partial charge in [0.2, 0.25) is 0 Å². The first-order valence-corrected chi connectivity index (χ1v) is 7.73. The van der Waals surface area contributed by atoms with Gasteiger partial charge in [0.15, 0.2) is 5.43 Å². The SMILES string of the molecule is O=C(O)c1c[nH]c(-c2ccccc2)c(C2CCCCC2)c1=O. The molecule has 2 aromatic rings. The minimum atomic E-state index is -1.17. The Bertz CT molecular complexity index is 728. The van der Waals surface area contributed by atoms with Gasteiger partial charge in [-0.3, -0.25) is 4.79 Å². The highest BCUT2D eigenvalue weighted by Gasteiger charge is 2.25. The third kappa shape index (κ3) is 2.69. The molecule has 1 aromatic heterocycles. The van der Waals surface area contributed by atoms with Gasteiger partial charge >= 0.3 is 5.97 Å². The predicted octanol–water partition coefficient (Wildman–Crippen LogP) is 3.79. The first-order valence-electron chi connectivity index (χ1n) is 7.73. The van der Waals surface area contributed by atoms with Crippen LogP contribution in [0.15, 0.2) is 41.3 Å². The molecule has 1 aromatic carbocycles. The average Bonchev–Trinajstić information content (AvgIpc) is 2.55. The molecule has 0 spiro atoms. The Morgan fingerprint density at radius 1 is 1.09 bits per heavy atom. The molecule has 1 aliphatic rings. The zero-order valence-corrected chi connectivity index (χ0v) is 12.3. The molecule has 1 saturated carbocycles. The van der Waals surface area contributed by atoms with Crippen LogP contribution in [0, 0.1) is 0 Å². The zero-order chi connectivity index (χ0) is 15.5. The van der Waals surface area contributed by atoms with Gasteiger partial charge in [-0.2, -0.15) is 0 Å². The molecule has 0 saturated heterocycles. The van der Waals surface area contributed by atoms with Crippen molar-refractivity contribution in [3.05, 3.63) is 57.9 Å². The van der Waals surface area contributed by atoms with Gasteiger partial charge in [0.05, 0.1) is 5.69 Å². The molecule has 0 unspecified atom stereocenters. The van der Waals surface area contributed by atoms with E-state index in [2.05, 4.69) is 4.98 Å². The Morgan fingerprint density at radius 3 is 2.41 bits per heavy atom. The molecule has 0 radical (unpaired) electrons. The van der Waals surface area contributed by atoms with Crippen molar-refractivity contribution in [2.45, 2.75) is 38.0 Å². The van der Waals surface area contributed by atoms with Crippen molar-refractivity contribution in [3.8, 4) is 11.3 Å². The van der Waals surface area contributed by atoms with E-state index in [1.165, 1.54) is 12.6 Å². The summed E-state index contributed by atoms with van der Waals surface area (Å²) in [6, 6.07) is 9.65. The molecule has 2 N–H and O–H groups in total. The van der Waals surface area contributed by atoms with Crippen LogP contribution in [0.3, 0.4) is 0 Å². The number of aromatic nitrogens is 1. The predicted molar refractivity (Wildman–Crippen MR) is 85.3 cm³/mol. The molecule has 1 aliphatic carbocycles. The Hall–Kier alpha value is -2.36. The fraction of sp³-hybridized carbons (Fsp3) is 0.333. The van der Waals surface area contributed by atoms with E-state index >= 15 is 0 Å². The first kappa shape index (κ1) is 14.6. The van der Waals surface area contributed by atoms with E-state index in [0.29, 0.717) is 5.56 Å². The van der Waals surface area contributed by atoms with Crippen LogP contribution in [-0.2, 0) is 0 Å². The number of carboxylic acids is 1. The molecule has 1 fully saturated rings. The molecule has 114 valence electrons. The summed E-state index contributed by atoms with van der Waals surface area (Å²) < 4.78 is 0. The second-order valence-corrected chi connectivity index (χ2v) is 5.83. The van der Waals surface area contributed by atoms with Crippen LogP contribution in [-0.4, -0.2) is 16.1 Å². The molecular weight excluding hydrogens is 278 g/mol. The largest absolute Gasteiger partial charge is 0.477 e. The van der Waals surface area contributed by atoms with E-state index in [1.54, 1.807) is 0 Å². The Labute approximate surface area is 128 Å². The molecule has 0 bridgehead atoms. The fourth-order valence-electron chi connectivity index (χ4n) is 3.33. The number of pyridine rings is 1. The number of rotatable bonds is 3. The smallest absolute Gasteiger partial charge is 0.341 e. The molecule has 4 heteroatoms. The molecule has 0 aliphatic heterocycles. The van der Waals surface area contributed by atoms with E-state index in [-0.39, 0.29) is 16.9 Å². The van der Waals surface area contributed by atoms with Crippen molar-refractivity contribution in [1.29, 1.82) is 0 Å².